The molecule has 2 aromatic carbocycles. The molecule has 2 N–H and O–H groups in total. The molecule has 0 aliphatic carbocycles. The average Bonchev–Trinajstić information content (AvgIpc) is 3.06. The second-order valence-electron chi connectivity index (χ2n) is 11.6. The van der Waals surface area contributed by atoms with E-state index in [-0.39, 0.29) is 22.4 Å². The number of hydrogen-bond donors (Lipinski definition) is 2. The van der Waals surface area contributed by atoms with Crippen molar-refractivity contribution in [2.75, 3.05) is 64.7 Å². The Morgan fingerprint density at radius 2 is 1.32 bits per heavy atom. The second kappa shape index (κ2) is 13.8. The first kappa shape index (κ1) is 29.5. The molecule has 6 rings (SSSR count). The summed E-state index contributed by atoms with van der Waals surface area (Å²) in [6.07, 6.45) is 11.5. The van der Waals surface area contributed by atoms with Crippen LogP contribution >= 0.6 is 0 Å². The van der Waals surface area contributed by atoms with Crippen LogP contribution in [0.2, 0.25) is 0 Å². The first-order valence-corrected chi connectivity index (χ1v) is 15.7. The van der Waals surface area contributed by atoms with Crippen LogP contribution in [-0.4, -0.2) is 65.4 Å². The predicted octanol–water partition coefficient (Wildman–Crippen LogP) is 6.08. The summed E-state index contributed by atoms with van der Waals surface area (Å²) in [4.78, 5) is 32.3. The molecule has 0 saturated carbocycles. The van der Waals surface area contributed by atoms with Crippen LogP contribution in [0.25, 0.3) is 0 Å². The molecule has 0 bridgehead atoms. The standard InChI is InChI=1S/C31H39FN10O2/c32-24-10-12-25(13-11-24)34-29-35-30(37-31(36-29)41-18-8-3-9-19-41)38-33-22-23-20-28(42(43)44)27(40-16-6-2-7-17-40)21-26(23)39-14-4-1-5-15-39/h10-13,20-22H,1-9,14-19H2,(H2,34,35,36,37,38). The van der Waals surface area contributed by atoms with Crippen molar-refractivity contribution in [2.45, 2.75) is 57.8 Å². The van der Waals surface area contributed by atoms with E-state index in [0.717, 1.165) is 89.9 Å². The maximum atomic E-state index is 13.5. The summed E-state index contributed by atoms with van der Waals surface area (Å²) in [6.45, 7) is 5.13. The van der Waals surface area contributed by atoms with Gasteiger partial charge in [0.05, 0.1) is 11.1 Å². The van der Waals surface area contributed by atoms with E-state index in [9.17, 15) is 14.5 Å². The van der Waals surface area contributed by atoms with E-state index in [4.69, 9.17) is 0 Å². The number of nitro benzene ring substituents is 1. The Morgan fingerprint density at radius 1 is 0.750 bits per heavy atom. The summed E-state index contributed by atoms with van der Waals surface area (Å²) in [5, 5.41) is 19.8. The molecule has 13 heteroatoms. The van der Waals surface area contributed by atoms with Gasteiger partial charge in [0.2, 0.25) is 17.8 Å². The van der Waals surface area contributed by atoms with Crippen LogP contribution in [0.3, 0.4) is 0 Å². The number of nitrogens with zero attached hydrogens (tertiary/aromatic N) is 8. The van der Waals surface area contributed by atoms with Crippen LogP contribution in [0.15, 0.2) is 41.5 Å². The lowest BCUT2D eigenvalue weighted by Gasteiger charge is -2.33. The van der Waals surface area contributed by atoms with E-state index in [1.807, 2.05) is 6.07 Å². The van der Waals surface area contributed by atoms with Crippen LogP contribution in [0, 0.1) is 15.9 Å². The maximum Gasteiger partial charge on any atom is 0.293 e. The molecule has 3 aliphatic heterocycles. The lowest BCUT2D eigenvalue weighted by Crippen LogP contribution is -2.32. The van der Waals surface area contributed by atoms with Gasteiger partial charge in [-0.15, -0.1) is 0 Å². The molecule has 3 saturated heterocycles. The van der Waals surface area contributed by atoms with Crippen molar-refractivity contribution in [1.82, 2.24) is 15.0 Å². The number of piperidine rings is 3. The Hall–Kier alpha value is -4.55. The first-order chi connectivity index (χ1) is 21.5. The highest BCUT2D eigenvalue weighted by atomic mass is 19.1. The zero-order valence-electron chi connectivity index (χ0n) is 24.9. The lowest BCUT2D eigenvalue weighted by molar-refractivity contribution is -0.384. The summed E-state index contributed by atoms with van der Waals surface area (Å²) in [5.74, 6) is 0.739. The fourth-order valence-electron chi connectivity index (χ4n) is 6.16. The summed E-state index contributed by atoms with van der Waals surface area (Å²) in [6, 6.07) is 9.61. The number of nitrogens with one attached hydrogen (secondary N) is 2. The number of halogens is 1. The Kier molecular flexibility index (Phi) is 9.28. The van der Waals surface area contributed by atoms with Gasteiger partial charge in [0, 0.05) is 62.3 Å². The molecule has 232 valence electrons. The number of rotatable bonds is 9. The lowest BCUT2D eigenvalue weighted by atomic mass is 10.0. The summed E-state index contributed by atoms with van der Waals surface area (Å²) in [5.41, 5.74) is 5.98. The Balaban J connectivity index is 1.31. The van der Waals surface area contributed by atoms with E-state index in [1.54, 1.807) is 24.4 Å². The topological polar surface area (TPSA) is 128 Å². The summed E-state index contributed by atoms with van der Waals surface area (Å²) >= 11 is 0. The van der Waals surface area contributed by atoms with Gasteiger partial charge < -0.3 is 20.0 Å². The van der Waals surface area contributed by atoms with Gasteiger partial charge in [-0.1, -0.05) is 0 Å². The summed E-state index contributed by atoms with van der Waals surface area (Å²) < 4.78 is 13.5. The number of hydrazone groups is 1. The molecule has 0 atom stereocenters. The van der Waals surface area contributed by atoms with Crippen molar-refractivity contribution in [3.8, 4) is 0 Å². The molecular weight excluding hydrogens is 563 g/mol. The van der Waals surface area contributed by atoms with Crippen LogP contribution in [-0.2, 0) is 0 Å². The van der Waals surface area contributed by atoms with Crippen molar-refractivity contribution in [3.63, 3.8) is 0 Å². The molecule has 3 aliphatic rings. The van der Waals surface area contributed by atoms with Crippen molar-refractivity contribution in [3.05, 3.63) is 57.9 Å². The molecule has 12 nitrogen and oxygen atoms in total. The van der Waals surface area contributed by atoms with E-state index in [2.05, 4.69) is 45.5 Å². The fourth-order valence-corrected chi connectivity index (χ4v) is 6.16. The third kappa shape index (κ3) is 7.14. The van der Waals surface area contributed by atoms with Gasteiger partial charge in [-0.25, -0.2) is 9.82 Å². The molecule has 0 unspecified atom stereocenters. The van der Waals surface area contributed by atoms with Crippen LogP contribution < -0.4 is 25.4 Å². The van der Waals surface area contributed by atoms with E-state index < -0.39 is 0 Å². The van der Waals surface area contributed by atoms with Gasteiger partial charge in [-0.3, -0.25) is 10.1 Å². The zero-order chi connectivity index (χ0) is 30.3. The molecule has 0 spiro atoms. The van der Waals surface area contributed by atoms with Crippen LogP contribution in [0.4, 0.5) is 45.0 Å². The van der Waals surface area contributed by atoms with Crippen molar-refractivity contribution in [2.24, 2.45) is 5.10 Å². The Morgan fingerprint density at radius 3 is 1.93 bits per heavy atom. The SMILES string of the molecule is O=[N+]([O-])c1cc(C=NNc2nc(Nc3ccc(F)cc3)nc(N3CCCCC3)n2)c(N2CCCCC2)cc1N1CCCCC1. The molecule has 1 aromatic heterocycles. The highest BCUT2D eigenvalue weighted by Gasteiger charge is 2.26. The third-order valence-electron chi connectivity index (χ3n) is 8.45. The quantitative estimate of drug-likeness (QED) is 0.169. The van der Waals surface area contributed by atoms with Gasteiger partial charge in [-0.05, 0) is 88.1 Å². The number of nitro groups is 1. The Labute approximate surface area is 256 Å². The van der Waals surface area contributed by atoms with Crippen molar-refractivity contribution >= 4 is 46.8 Å². The molecule has 0 amide bonds. The number of aromatic nitrogens is 3. The van der Waals surface area contributed by atoms with Crippen molar-refractivity contribution < 1.29 is 9.31 Å². The average molecular weight is 603 g/mol. The minimum absolute atomic E-state index is 0.0902. The molecule has 3 fully saturated rings. The molecule has 3 aromatic rings. The highest BCUT2D eigenvalue weighted by Crippen LogP contribution is 2.37. The Bertz CT molecular complexity index is 1470. The normalized spacial score (nSPS) is 17.6. The van der Waals surface area contributed by atoms with Crippen LogP contribution in [0.5, 0.6) is 0 Å². The molecule has 44 heavy (non-hydrogen) atoms. The maximum absolute atomic E-state index is 13.5. The van der Waals surface area contributed by atoms with E-state index in [0.29, 0.717) is 28.8 Å². The van der Waals surface area contributed by atoms with Gasteiger partial charge in [0.15, 0.2) is 0 Å². The number of anilines is 6. The monoisotopic (exact) mass is 602 g/mol. The number of hydrogen-bond acceptors (Lipinski definition) is 11. The fraction of sp³-hybridized carbons (Fsp3) is 0.484. The van der Waals surface area contributed by atoms with Gasteiger partial charge in [0.25, 0.3) is 5.69 Å². The van der Waals surface area contributed by atoms with E-state index in [1.165, 1.54) is 25.0 Å². The first-order valence-electron chi connectivity index (χ1n) is 15.7. The van der Waals surface area contributed by atoms with Crippen LogP contribution in [0.1, 0.15) is 63.4 Å². The van der Waals surface area contributed by atoms with Gasteiger partial charge >= 0.3 is 0 Å². The smallest absolute Gasteiger partial charge is 0.293 e. The molecular formula is C31H39FN10O2. The second-order valence-corrected chi connectivity index (χ2v) is 11.6. The largest absolute Gasteiger partial charge is 0.371 e. The minimum Gasteiger partial charge on any atom is -0.371 e. The summed E-state index contributed by atoms with van der Waals surface area (Å²) in [7, 11) is 0. The van der Waals surface area contributed by atoms with Gasteiger partial charge in [-0.2, -0.15) is 20.1 Å². The molecule has 0 radical (unpaired) electrons. The van der Waals surface area contributed by atoms with E-state index >= 15 is 0 Å². The molecule has 4 heterocycles. The highest BCUT2D eigenvalue weighted by molar-refractivity contribution is 5.92. The minimum atomic E-state index is -0.329. The van der Waals surface area contributed by atoms with Gasteiger partial charge in [0.1, 0.15) is 11.5 Å². The van der Waals surface area contributed by atoms with Crippen molar-refractivity contribution in [1.29, 1.82) is 0 Å². The predicted molar refractivity (Wildman–Crippen MR) is 172 cm³/mol. The number of benzene rings is 2. The zero-order valence-corrected chi connectivity index (χ0v) is 24.9. The third-order valence-corrected chi connectivity index (χ3v) is 8.45.